The van der Waals surface area contributed by atoms with E-state index in [9.17, 15) is 14.4 Å². The fourth-order valence-electron chi connectivity index (χ4n) is 3.18. The van der Waals surface area contributed by atoms with Crippen LogP contribution in [0.15, 0.2) is 34.5 Å². The lowest BCUT2D eigenvalue weighted by Gasteiger charge is -2.33. The molecular weight excluding hydrogens is 384 g/mol. The quantitative estimate of drug-likeness (QED) is 0.562. The van der Waals surface area contributed by atoms with Crippen LogP contribution in [-0.4, -0.2) is 47.4 Å². The van der Waals surface area contributed by atoms with Gasteiger partial charge >= 0.3 is 11.9 Å². The third-order valence-electron chi connectivity index (χ3n) is 4.42. The zero-order valence-corrected chi connectivity index (χ0v) is 17.0. The number of carbonyl (C=O) groups excluding carboxylic acids is 3. The highest BCUT2D eigenvalue weighted by atomic mass is 32.2. The molecule has 2 aliphatic rings. The third kappa shape index (κ3) is 3.37. The van der Waals surface area contributed by atoms with Gasteiger partial charge in [-0.2, -0.15) is 0 Å². The number of hydrogen-bond acceptors (Lipinski definition) is 8. The predicted molar refractivity (Wildman–Crippen MR) is 103 cm³/mol. The van der Waals surface area contributed by atoms with Crippen molar-refractivity contribution in [3.05, 3.63) is 35.0 Å². The molecule has 9 heteroatoms. The summed E-state index contributed by atoms with van der Waals surface area (Å²) in [6.45, 7) is 4.80. The number of benzene rings is 1. The average Bonchev–Trinajstić information content (AvgIpc) is 2.93. The molecule has 1 amide bonds. The van der Waals surface area contributed by atoms with Gasteiger partial charge in [-0.1, -0.05) is 17.8 Å². The van der Waals surface area contributed by atoms with Crippen molar-refractivity contribution in [2.24, 2.45) is 4.99 Å². The van der Waals surface area contributed by atoms with Crippen molar-refractivity contribution in [3.63, 3.8) is 0 Å². The highest BCUT2D eigenvalue weighted by Crippen LogP contribution is 2.44. The van der Waals surface area contributed by atoms with Gasteiger partial charge in [-0.15, -0.1) is 0 Å². The van der Waals surface area contributed by atoms with E-state index in [2.05, 4.69) is 4.99 Å². The smallest absolute Gasteiger partial charge is 0.338 e. The Bertz CT molecular complexity index is 923. The summed E-state index contributed by atoms with van der Waals surface area (Å²) < 4.78 is 15.4. The van der Waals surface area contributed by atoms with E-state index < -0.39 is 18.0 Å². The summed E-state index contributed by atoms with van der Waals surface area (Å²) in [6.07, 6.45) is 0. The fourth-order valence-corrected chi connectivity index (χ4v) is 4.21. The van der Waals surface area contributed by atoms with Gasteiger partial charge in [0.25, 0.3) is 0 Å². The molecule has 148 valence electrons. The van der Waals surface area contributed by atoms with E-state index >= 15 is 0 Å². The molecule has 2 atom stereocenters. The van der Waals surface area contributed by atoms with Crippen LogP contribution < -0.4 is 9.47 Å². The summed E-state index contributed by atoms with van der Waals surface area (Å²) in [4.78, 5) is 42.6. The lowest BCUT2D eigenvalue weighted by atomic mass is 9.94. The van der Waals surface area contributed by atoms with Crippen LogP contribution in [0.4, 0.5) is 0 Å². The van der Waals surface area contributed by atoms with Crippen LogP contribution in [-0.2, 0) is 19.1 Å². The van der Waals surface area contributed by atoms with Crippen molar-refractivity contribution in [1.29, 1.82) is 0 Å². The van der Waals surface area contributed by atoms with E-state index in [1.54, 1.807) is 32.0 Å². The Morgan fingerprint density at radius 1 is 1.21 bits per heavy atom. The van der Waals surface area contributed by atoms with Crippen molar-refractivity contribution in [3.8, 4) is 11.5 Å². The van der Waals surface area contributed by atoms with Crippen LogP contribution in [0, 0.1) is 0 Å². The number of aliphatic imine (C=N–C) groups is 1. The van der Waals surface area contributed by atoms with Gasteiger partial charge in [-0.05, 0) is 31.5 Å². The topological polar surface area (TPSA) is 94.5 Å². The van der Waals surface area contributed by atoms with E-state index in [1.807, 2.05) is 0 Å². The van der Waals surface area contributed by atoms with Crippen LogP contribution in [0.2, 0.25) is 0 Å². The van der Waals surface area contributed by atoms with Crippen molar-refractivity contribution < 1.29 is 28.6 Å². The van der Waals surface area contributed by atoms with Gasteiger partial charge in [0.1, 0.15) is 0 Å². The van der Waals surface area contributed by atoms with Gasteiger partial charge in [0, 0.05) is 6.92 Å². The molecule has 3 rings (SSSR count). The van der Waals surface area contributed by atoms with Gasteiger partial charge in [0.2, 0.25) is 5.91 Å². The summed E-state index contributed by atoms with van der Waals surface area (Å²) in [5.41, 5.74) is 1.38. The summed E-state index contributed by atoms with van der Waals surface area (Å²) in [5, 5.41) is 0.226. The van der Waals surface area contributed by atoms with E-state index in [-0.39, 0.29) is 22.5 Å². The number of fused-ring (bicyclic) bond motifs is 1. The van der Waals surface area contributed by atoms with Gasteiger partial charge in [0.15, 0.2) is 16.7 Å². The molecule has 2 heterocycles. The molecule has 2 aliphatic heterocycles. The Balaban J connectivity index is 2.15. The molecule has 28 heavy (non-hydrogen) atoms. The number of esters is 2. The maximum Gasteiger partial charge on any atom is 0.338 e. The van der Waals surface area contributed by atoms with Crippen LogP contribution in [0.1, 0.15) is 32.4 Å². The van der Waals surface area contributed by atoms with Crippen molar-refractivity contribution in [2.45, 2.75) is 32.1 Å². The van der Waals surface area contributed by atoms with Gasteiger partial charge in [0.05, 0.1) is 36.8 Å². The van der Waals surface area contributed by atoms with Crippen LogP contribution >= 0.6 is 11.8 Å². The molecule has 0 radical (unpaired) electrons. The lowest BCUT2D eigenvalue weighted by molar-refractivity contribution is -0.137. The van der Waals surface area contributed by atoms with Gasteiger partial charge in [-0.3, -0.25) is 14.5 Å². The second kappa shape index (κ2) is 7.67. The average molecular weight is 404 g/mol. The number of ether oxygens (including phenoxy) is 3. The number of allylic oxidation sites excluding steroid dienone is 1. The van der Waals surface area contributed by atoms with E-state index in [0.29, 0.717) is 22.2 Å². The Morgan fingerprint density at radius 3 is 2.54 bits per heavy atom. The third-order valence-corrected chi connectivity index (χ3v) is 5.47. The zero-order chi connectivity index (χ0) is 20.6. The molecule has 2 unspecified atom stereocenters. The molecule has 1 aromatic rings. The summed E-state index contributed by atoms with van der Waals surface area (Å²) in [5.74, 6) is -0.634. The lowest BCUT2D eigenvalue weighted by Crippen LogP contribution is -2.40. The second-order valence-electron chi connectivity index (χ2n) is 6.26. The Labute approximate surface area is 166 Å². The molecule has 0 N–H and O–H groups in total. The molecule has 0 bridgehead atoms. The minimum absolute atomic E-state index is 0.148. The monoisotopic (exact) mass is 404 g/mol. The normalized spacial score (nSPS) is 21.2. The largest absolute Gasteiger partial charge is 0.493 e. The Morgan fingerprint density at radius 2 is 1.93 bits per heavy atom. The molecule has 0 aliphatic carbocycles. The van der Waals surface area contributed by atoms with E-state index in [4.69, 9.17) is 14.2 Å². The Hall–Kier alpha value is -2.81. The number of amidine groups is 1. The maximum atomic E-state index is 12.8. The molecule has 0 saturated carbocycles. The molecule has 1 saturated heterocycles. The Kier molecular flexibility index (Phi) is 5.46. The number of carbonyl (C=O) groups is 3. The summed E-state index contributed by atoms with van der Waals surface area (Å²) >= 11 is 1.34. The highest BCUT2D eigenvalue weighted by Gasteiger charge is 2.46. The first-order valence-corrected chi connectivity index (χ1v) is 9.40. The number of rotatable bonds is 4. The highest BCUT2D eigenvalue weighted by molar-refractivity contribution is 8.15. The standard InChI is InChI=1S/C19H20N2O6S/c1-9-15(18(24)26-5)16(21-17(23)10(2)28-19(21)20-9)12-6-7-13(27-11(3)22)14(8-12)25-4/h6-8,10,16H,1-5H3. The zero-order valence-electron chi connectivity index (χ0n) is 16.1. The van der Waals surface area contributed by atoms with E-state index in [1.165, 1.54) is 37.8 Å². The molecule has 0 aromatic heterocycles. The SMILES string of the molecule is COC(=O)C1=C(C)N=C2SC(C)C(=O)N2C1c1ccc(OC(C)=O)c(OC)c1. The van der Waals surface area contributed by atoms with Crippen LogP contribution in [0.25, 0.3) is 0 Å². The summed E-state index contributed by atoms with van der Waals surface area (Å²) in [6, 6.07) is 4.18. The number of amides is 1. The number of thioether (sulfide) groups is 1. The van der Waals surface area contributed by atoms with Gasteiger partial charge < -0.3 is 14.2 Å². The number of nitrogens with zero attached hydrogens (tertiary/aromatic N) is 2. The molecule has 1 fully saturated rings. The fraction of sp³-hybridized carbons (Fsp3) is 0.368. The van der Waals surface area contributed by atoms with E-state index in [0.717, 1.165) is 0 Å². The second-order valence-corrected chi connectivity index (χ2v) is 7.57. The minimum Gasteiger partial charge on any atom is -0.493 e. The first kappa shape index (κ1) is 19.9. The van der Waals surface area contributed by atoms with Gasteiger partial charge in [-0.25, -0.2) is 9.79 Å². The first-order chi connectivity index (χ1) is 13.3. The summed E-state index contributed by atoms with van der Waals surface area (Å²) in [7, 11) is 2.73. The number of methoxy groups -OCH3 is 2. The molecular formula is C19H20N2O6S. The maximum absolute atomic E-state index is 12.8. The first-order valence-electron chi connectivity index (χ1n) is 8.52. The van der Waals surface area contributed by atoms with Crippen LogP contribution in [0.5, 0.6) is 11.5 Å². The number of hydrogen-bond donors (Lipinski definition) is 0. The predicted octanol–water partition coefficient (Wildman–Crippen LogP) is 2.44. The van der Waals surface area contributed by atoms with Crippen LogP contribution in [0.3, 0.4) is 0 Å². The van der Waals surface area contributed by atoms with Crippen molar-refractivity contribution in [1.82, 2.24) is 4.90 Å². The van der Waals surface area contributed by atoms with Crippen molar-refractivity contribution >= 4 is 34.8 Å². The van der Waals surface area contributed by atoms with Crippen molar-refractivity contribution in [2.75, 3.05) is 14.2 Å². The minimum atomic E-state index is -0.717. The molecule has 1 aromatic carbocycles. The molecule has 8 nitrogen and oxygen atoms in total. The molecule has 0 spiro atoms.